The number of ether oxygens (including phenoxy) is 1. The van der Waals surface area contributed by atoms with E-state index in [1.54, 1.807) is 20.8 Å². The zero-order chi connectivity index (χ0) is 11.7. The lowest BCUT2D eigenvalue weighted by molar-refractivity contribution is -0.157. The fourth-order valence-electron chi connectivity index (χ4n) is 1.35. The van der Waals surface area contributed by atoms with Crippen molar-refractivity contribution in [3.63, 3.8) is 0 Å². The van der Waals surface area contributed by atoms with Crippen LogP contribution < -0.4 is 4.72 Å². The molecule has 0 radical (unpaired) electrons. The Labute approximate surface area is 90.2 Å². The number of nitrogens with one attached hydrogen (secondary N) is 1. The Morgan fingerprint density at radius 1 is 1.40 bits per heavy atom. The van der Waals surface area contributed by atoms with Gasteiger partial charge in [-0.05, 0) is 33.6 Å². The van der Waals surface area contributed by atoms with E-state index in [1.165, 1.54) is 0 Å². The first-order valence-electron chi connectivity index (χ1n) is 4.92. The van der Waals surface area contributed by atoms with Gasteiger partial charge in [0.05, 0.1) is 5.75 Å². The van der Waals surface area contributed by atoms with Crippen LogP contribution in [0.15, 0.2) is 0 Å². The Balaban J connectivity index is 2.61. The van der Waals surface area contributed by atoms with E-state index < -0.39 is 27.6 Å². The molecule has 1 aliphatic rings. The van der Waals surface area contributed by atoms with E-state index >= 15 is 0 Å². The Morgan fingerprint density at radius 3 is 2.47 bits per heavy atom. The van der Waals surface area contributed by atoms with Crippen LogP contribution in [0.5, 0.6) is 0 Å². The quantitative estimate of drug-likeness (QED) is 0.668. The molecule has 6 heteroatoms. The van der Waals surface area contributed by atoms with E-state index in [-0.39, 0.29) is 5.75 Å². The minimum absolute atomic E-state index is 0.0896. The molecule has 0 bridgehead atoms. The molecule has 1 N–H and O–H groups in total. The molecular weight excluding hydrogens is 218 g/mol. The first-order chi connectivity index (χ1) is 6.70. The van der Waals surface area contributed by atoms with Crippen LogP contribution in [-0.4, -0.2) is 31.8 Å². The second-order valence-corrected chi connectivity index (χ2v) is 6.54. The summed E-state index contributed by atoms with van der Waals surface area (Å²) in [5, 5.41) is 0. The zero-order valence-corrected chi connectivity index (χ0v) is 10.1. The molecule has 1 heterocycles. The second-order valence-electron chi connectivity index (χ2n) is 4.67. The molecule has 0 aromatic rings. The van der Waals surface area contributed by atoms with Crippen molar-refractivity contribution in [3.05, 3.63) is 0 Å². The van der Waals surface area contributed by atoms with Gasteiger partial charge in [-0.15, -0.1) is 0 Å². The summed E-state index contributed by atoms with van der Waals surface area (Å²) in [6.07, 6.45) is 1.01. The van der Waals surface area contributed by atoms with Crippen molar-refractivity contribution in [2.24, 2.45) is 0 Å². The molecule has 88 valence electrons. The van der Waals surface area contributed by atoms with E-state index in [0.29, 0.717) is 12.8 Å². The van der Waals surface area contributed by atoms with Gasteiger partial charge >= 0.3 is 5.97 Å². The summed E-state index contributed by atoms with van der Waals surface area (Å²) in [6, 6.07) is -0.719. The first-order valence-corrected chi connectivity index (χ1v) is 6.58. The summed E-state index contributed by atoms with van der Waals surface area (Å²) in [7, 11) is -3.28. The number of esters is 1. The van der Waals surface area contributed by atoms with Crippen LogP contribution in [-0.2, 0) is 19.6 Å². The highest BCUT2D eigenvalue weighted by Gasteiger charge is 2.31. The monoisotopic (exact) mass is 235 g/mol. The number of carbonyl (C=O) groups is 1. The summed E-state index contributed by atoms with van der Waals surface area (Å²) >= 11 is 0. The summed E-state index contributed by atoms with van der Waals surface area (Å²) in [5.41, 5.74) is -0.583. The standard InChI is InChI=1S/C9H17NO4S/c1-9(2,3)14-8(11)7-5-4-6-15(12,13)10-7/h7,10H,4-6H2,1-3H3/t7-/m1/s1. The second kappa shape index (κ2) is 4.09. The average molecular weight is 235 g/mol. The SMILES string of the molecule is CC(C)(C)OC(=O)[C@H]1CCCS(=O)(=O)N1. The van der Waals surface area contributed by atoms with E-state index in [2.05, 4.69) is 4.72 Å². The van der Waals surface area contributed by atoms with E-state index in [0.717, 1.165) is 0 Å². The Bertz CT molecular complexity index is 342. The first kappa shape index (κ1) is 12.4. The lowest BCUT2D eigenvalue weighted by atomic mass is 10.1. The van der Waals surface area contributed by atoms with Crippen LogP contribution in [0.2, 0.25) is 0 Å². The molecule has 1 atom stereocenters. The van der Waals surface area contributed by atoms with Gasteiger partial charge in [-0.3, -0.25) is 4.79 Å². The van der Waals surface area contributed by atoms with E-state index in [1.807, 2.05) is 0 Å². The largest absolute Gasteiger partial charge is 0.459 e. The third kappa shape index (κ3) is 4.17. The summed E-state index contributed by atoms with van der Waals surface area (Å²) in [4.78, 5) is 11.6. The molecular formula is C9H17NO4S. The highest BCUT2D eigenvalue weighted by molar-refractivity contribution is 7.89. The van der Waals surface area contributed by atoms with Crippen LogP contribution in [0.3, 0.4) is 0 Å². The maximum absolute atomic E-state index is 11.6. The smallest absolute Gasteiger partial charge is 0.324 e. The molecule has 0 unspecified atom stereocenters. The highest BCUT2D eigenvalue weighted by atomic mass is 32.2. The molecule has 5 nitrogen and oxygen atoms in total. The van der Waals surface area contributed by atoms with Crippen LogP contribution in [0.1, 0.15) is 33.6 Å². The van der Waals surface area contributed by atoms with Crippen LogP contribution >= 0.6 is 0 Å². The molecule has 0 aromatic carbocycles. The van der Waals surface area contributed by atoms with Crippen molar-refractivity contribution < 1.29 is 17.9 Å². The maximum atomic E-state index is 11.6. The molecule has 0 saturated carbocycles. The molecule has 1 aliphatic heterocycles. The number of hydrogen-bond donors (Lipinski definition) is 1. The van der Waals surface area contributed by atoms with Crippen molar-refractivity contribution in [2.75, 3.05) is 5.75 Å². The van der Waals surface area contributed by atoms with Crippen LogP contribution in [0.4, 0.5) is 0 Å². The number of sulfonamides is 1. The van der Waals surface area contributed by atoms with E-state index in [4.69, 9.17) is 4.74 Å². The average Bonchev–Trinajstić information content (AvgIpc) is 1.99. The Kier molecular flexibility index (Phi) is 3.40. The van der Waals surface area contributed by atoms with Gasteiger partial charge in [0.2, 0.25) is 10.0 Å². The molecule has 1 fully saturated rings. The minimum atomic E-state index is -3.28. The lowest BCUT2D eigenvalue weighted by Gasteiger charge is -2.26. The van der Waals surface area contributed by atoms with Crippen molar-refractivity contribution in [1.29, 1.82) is 0 Å². The van der Waals surface area contributed by atoms with Crippen molar-refractivity contribution in [2.45, 2.75) is 45.3 Å². The van der Waals surface area contributed by atoms with Gasteiger partial charge in [-0.25, -0.2) is 13.1 Å². The van der Waals surface area contributed by atoms with Crippen molar-refractivity contribution in [3.8, 4) is 0 Å². The number of hydrogen-bond acceptors (Lipinski definition) is 4. The predicted molar refractivity (Wildman–Crippen MR) is 55.8 cm³/mol. The molecule has 0 spiro atoms. The summed E-state index contributed by atoms with van der Waals surface area (Å²) < 4.78 is 29.8. The number of rotatable bonds is 1. The molecule has 0 aliphatic carbocycles. The molecule has 0 amide bonds. The molecule has 0 aromatic heterocycles. The van der Waals surface area contributed by atoms with Gasteiger partial charge in [0, 0.05) is 0 Å². The maximum Gasteiger partial charge on any atom is 0.324 e. The van der Waals surface area contributed by atoms with Crippen molar-refractivity contribution >= 4 is 16.0 Å². The van der Waals surface area contributed by atoms with Gasteiger partial charge in [-0.1, -0.05) is 0 Å². The molecule has 1 rings (SSSR count). The van der Waals surface area contributed by atoms with Crippen LogP contribution in [0, 0.1) is 0 Å². The fourth-order valence-corrected chi connectivity index (χ4v) is 2.66. The Morgan fingerprint density at radius 2 is 2.00 bits per heavy atom. The molecule has 15 heavy (non-hydrogen) atoms. The molecule has 1 saturated heterocycles. The van der Waals surface area contributed by atoms with Gasteiger partial charge in [-0.2, -0.15) is 0 Å². The van der Waals surface area contributed by atoms with E-state index in [9.17, 15) is 13.2 Å². The topological polar surface area (TPSA) is 72.5 Å². The number of carbonyl (C=O) groups excluding carboxylic acids is 1. The summed E-state index contributed by atoms with van der Waals surface area (Å²) in [6.45, 7) is 5.26. The predicted octanol–water partition coefficient (Wildman–Crippen LogP) is 0.410. The third-order valence-corrected chi connectivity index (χ3v) is 3.39. The van der Waals surface area contributed by atoms with Gasteiger partial charge in [0.25, 0.3) is 0 Å². The van der Waals surface area contributed by atoms with Crippen LogP contribution in [0.25, 0.3) is 0 Å². The van der Waals surface area contributed by atoms with Crippen molar-refractivity contribution in [1.82, 2.24) is 4.72 Å². The third-order valence-electron chi connectivity index (χ3n) is 1.92. The minimum Gasteiger partial charge on any atom is -0.459 e. The lowest BCUT2D eigenvalue weighted by Crippen LogP contribution is -2.47. The van der Waals surface area contributed by atoms with Gasteiger partial charge < -0.3 is 4.74 Å². The van der Waals surface area contributed by atoms with Gasteiger partial charge in [0.1, 0.15) is 11.6 Å². The normalized spacial score (nSPS) is 25.9. The zero-order valence-electron chi connectivity index (χ0n) is 9.24. The van der Waals surface area contributed by atoms with Gasteiger partial charge in [0.15, 0.2) is 0 Å². The Hall–Kier alpha value is -0.620. The summed E-state index contributed by atoms with van der Waals surface area (Å²) in [5.74, 6) is -0.405. The fraction of sp³-hybridized carbons (Fsp3) is 0.889. The highest BCUT2D eigenvalue weighted by Crippen LogP contribution is 2.14.